The largest absolute Gasteiger partial charge is 0.393 e. The highest BCUT2D eigenvalue weighted by atomic mass is 16.3. The Kier molecular flexibility index (Phi) is 2.82. The number of hydrogen-bond acceptors (Lipinski definition) is 4. The Hall–Kier alpha value is -1.62. The molecule has 1 unspecified atom stereocenters. The molecule has 2 aromatic heterocycles. The Labute approximate surface area is 87.8 Å². The zero-order chi connectivity index (χ0) is 10.7. The van der Waals surface area contributed by atoms with Gasteiger partial charge in [-0.25, -0.2) is 4.52 Å². The second-order valence-corrected chi connectivity index (χ2v) is 3.50. The monoisotopic (exact) mass is 206 g/mol. The van der Waals surface area contributed by atoms with Gasteiger partial charge in [-0.2, -0.15) is 4.98 Å². The summed E-state index contributed by atoms with van der Waals surface area (Å²) in [5, 5.41) is 16.4. The van der Waals surface area contributed by atoms with Crippen LogP contribution in [-0.2, 0) is 0 Å². The number of pyridine rings is 1. The summed E-state index contributed by atoms with van der Waals surface area (Å²) >= 11 is 0. The average Bonchev–Trinajstić information content (AvgIpc) is 2.59. The lowest BCUT2D eigenvalue weighted by Crippen LogP contribution is -2.10. The van der Waals surface area contributed by atoms with Crippen LogP contribution >= 0.6 is 0 Å². The third-order valence-electron chi connectivity index (χ3n) is 2.09. The first-order chi connectivity index (χ1) is 7.25. The van der Waals surface area contributed by atoms with Crippen molar-refractivity contribution < 1.29 is 5.11 Å². The molecule has 80 valence electrons. The van der Waals surface area contributed by atoms with Crippen LogP contribution in [0.15, 0.2) is 24.4 Å². The van der Waals surface area contributed by atoms with Gasteiger partial charge in [0.2, 0.25) is 5.95 Å². The summed E-state index contributed by atoms with van der Waals surface area (Å²) in [6.07, 6.45) is 2.24. The van der Waals surface area contributed by atoms with E-state index in [1.807, 2.05) is 24.4 Å². The molecule has 2 aromatic rings. The standard InChI is InChI=1S/C10H14N4O/c1-8(15)5-6-11-10-12-9-4-2-3-7-14(9)13-10/h2-4,7-8,15H,5-6H2,1H3,(H,11,13). The number of aromatic nitrogens is 3. The molecule has 5 heteroatoms. The van der Waals surface area contributed by atoms with Gasteiger partial charge in [0.05, 0.1) is 6.10 Å². The maximum atomic E-state index is 9.08. The molecule has 0 radical (unpaired) electrons. The number of hydrogen-bond donors (Lipinski definition) is 2. The lowest BCUT2D eigenvalue weighted by atomic mass is 10.3. The van der Waals surface area contributed by atoms with Crippen LogP contribution < -0.4 is 5.32 Å². The minimum atomic E-state index is -0.297. The maximum Gasteiger partial charge on any atom is 0.243 e. The van der Waals surface area contributed by atoms with Gasteiger partial charge in [-0.05, 0) is 25.5 Å². The predicted octanol–water partition coefficient (Wildman–Crippen LogP) is 0.912. The highest BCUT2D eigenvalue weighted by Gasteiger charge is 2.01. The van der Waals surface area contributed by atoms with Crippen molar-refractivity contribution in [1.29, 1.82) is 0 Å². The van der Waals surface area contributed by atoms with E-state index in [9.17, 15) is 0 Å². The normalized spacial score (nSPS) is 12.9. The molecule has 2 N–H and O–H groups in total. The van der Waals surface area contributed by atoms with Crippen molar-refractivity contribution in [2.45, 2.75) is 19.4 Å². The van der Waals surface area contributed by atoms with Gasteiger partial charge in [-0.15, -0.1) is 5.10 Å². The lowest BCUT2D eigenvalue weighted by molar-refractivity contribution is 0.188. The van der Waals surface area contributed by atoms with Gasteiger partial charge in [-0.3, -0.25) is 0 Å². The fourth-order valence-electron chi connectivity index (χ4n) is 1.30. The van der Waals surface area contributed by atoms with Crippen LogP contribution in [0.25, 0.3) is 5.65 Å². The van der Waals surface area contributed by atoms with Crippen molar-refractivity contribution in [2.75, 3.05) is 11.9 Å². The van der Waals surface area contributed by atoms with Crippen LogP contribution in [-0.4, -0.2) is 32.4 Å². The van der Waals surface area contributed by atoms with Gasteiger partial charge in [0.15, 0.2) is 5.65 Å². The molecule has 5 nitrogen and oxygen atoms in total. The van der Waals surface area contributed by atoms with Crippen molar-refractivity contribution in [3.63, 3.8) is 0 Å². The Morgan fingerprint density at radius 1 is 1.53 bits per heavy atom. The highest BCUT2D eigenvalue weighted by molar-refractivity contribution is 5.42. The fourth-order valence-corrected chi connectivity index (χ4v) is 1.30. The Balaban J connectivity index is 2.03. The van der Waals surface area contributed by atoms with E-state index in [4.69, 9.17) is 5.11 Å². The minimum absolute atomic E-state index is 0.297. The first-order valence-corrected chi connectivity index (χ1v) is 4.99. The quantitative estimate of drug-likeness (QED) is 0.780. The molecule has 0 fully saturated rings. The molecule has 2 heterocycles. The zero-order valence-corrected chi connectivity index (χ0v) is 8.59. The molecule has 0 aliphatic carbocycles. The Morgan fingerprint density at radius 2 is 2.40 bits per heavy atom. The van der Waals surface area contributed by atoms with Crippen molar-refractivity contribution >= 4 is 11.6 Å². The summed E-state index contributed by atoms with van der Waals surface area (Å²) in [6.45, 7) is 2.44. The van der Waals surface area contributed by atoms with Crippen molar-refractivity contribution in [3.05, 3.63) is 24.4 Å². The molecule has 0 aromatic carbocycles. The SMILES string of the molecule is CC(O)CCNc1nc2ccccn2n1. The molecular formula is C10H14N4O. The molecule has 2 rings (SSSR count). The summed E-state index contributed by atoms with van der Waals surface area (Å²) in [4.78, 5) is 4.27. The van der Waals surface area contributed by atoms with E-state index in [1.54, 1.807) is 11.4 Å². The average molecular weight is 206 g/mol. The molecule has 0 spiro atoms. The molecule has 15 heavy (non-hydrogen) atoms. The zero-order valence-electron chi connectivity index (χ0n) is 8.59. The summed E-state index contributed by atoms with van der Waals surface area (Å²) in [7, 11) is 0. The van der Waals surface area contributed by atoms with Crippen LogP contribution in [0.5, 0.6) is 0 Å². The second kappa shape index (κ2) is 4.27. The molecule has 0 aliphatic heterocycles. The number of nitrogens with zero attached hydrogens (tertiary/aromatic N) is 3. The van der Waals surface area contributed by atoms with Gasteiger partial charge in [-0.1, -0.05) is 6.07 Å². The molecular weight excluding hydrogens is 192 g/mol. The summed E-state index contributed by atoms with van der Waals surface area (Å²) in [6, 6.07) is 5.72. The lowest BCUT2D eigenvalue weighted by Gasteiger charge is -2.03. The first kappa shape index (κ1) is 9.92. The Morgan fingerprint density at radius 3 is 3.13 bits per heavy atom. The highest BCUT2D eigenvalue weighted by Crippen LogP contribution is 2.04. The molecule has 1 atom stereocenters. The van der Waals surface area contributed by atoms with Crippen molar-refractivity contribution in [1.82, 2.24) is 14.6 Å². The third kappa shape index (κ3) is 2.44. The van der Waals surface area contributed by atoms with Gasteiger partial charge < -0.3 is 10.4 Å². The van der Waals surface area contributed by atoms with Crippen LogP contribution in [0.4, 0.5) is 5.95 Å². The van der Waals surface area contributed by atoms with Crippen LogP contribution in [0.2, 0.25) is 0 Å². The Bertz CT molecular complexity index is 405. The van der Waals surface area contributed by atoms with Crippen LogP contribution in [0, 0.1) is 0 Å². The van der Waals surface area contributed by atoms with Crippen LogP contribution in [0.1, 0.15) is 13.3 Å². The number of rotatable bonds is 4. The van der Waals surface area contributed by atoms with Crippen molar-refractivity contribution in [2.24, 2.45) is 0 Å². The van der Waals surface area contributed by atoms with Crippen LogP contribution in [0.3, 0.4) is 0 Å². The number of anilines is 1. The maximum absolute atomic E-state index is 9.08. The summed E-state index contributed by atoms with van der Waals surface area (Å²) in [5.74, 6) is 0.599. The number of aliphatic hydroxyl groups excluding tert-OH is 1. The van der Waals surface area contributed by atoms with E-state index >= 15 is 0 Å². The summed E-state index contributed by atoms with van der Waals surface area (Å²) in [5.41, 5.74) is 0.817. The molecule has 0 aliphatic rings. The fraction of sp³-hybridized carbons (Fsp3) is 0.400. The number of nitrogens with one attached hydrogen (secondary N) is 1. The minimum Gasteiger partial charge on any atom is -0.393 e. The van der Waals surface area contributed by atoms with E-state index in [0.29, 0.717) is 18.9 Å². The van der Waals surface area contributed by atoms with E-state index in [1.165, 1.54) is 0 Å². The van der Waals surface area contributed by atoms with Gasteiger partial charge >= 0.3 is 0 Å². The van der Waals surface area contributed by atoms with E-state index in [0.717, 1.165) is 5.65 Å². The van der Waals surface area contributed by atoms with E-state index in [2.05, 4.69) is 15.4 Å². The second-order valence-electron chi connectivity index (χ2n) is 3.50. The predicted molar refractivity (Wildman–Crippen MR) is 57.8 cm³/mol. The van der Waals surface area contributed by atoms with Crippen molar-refractivity contribution in [3.8, 4) is 0 Å². The molecule has 0 saturated heterocycles. The first-order valence-electron chi connectivity index (χ1n) is 4.99. The topological polar surface area (TPSA) is 62.5 Å². The van der Waals surface area contributed by atoms with E-state index in [-0.39, 0.29) is 6.10 Å². The summed E-state index contributed by atoms with van der Waals surface area (Å²) < 4.78 is 1.71. The van der Waals surface area contributed by atoms with Gasteiger partial charge in [0.25, 0.3) is 0 Å². The van der Waals surface area contributed by atoms with Gasteiger partial charge in [0, 0.05) is 12.7 Å². The van der Waals surface area contributed by atoms with Gasteiger partial charge in [0.1, 0.15) is 0 Å². The third-order valence-corrected chi connectivity index (χ3v) is 2.09. The molecule has 0 saturated carbocycles. The number of fused-ring (bicyclic) bond motifs is 1. The molecule has 0 amide bonds. The molecule has 0 bridgehead atoms. The number of aliphatic hydroxyl groups is 1. The van der Waals surface area contributed by atoms with E-state index < -0.39 is 0 Å². The smallest absolute Gasteiger partial charge is 0.243 e.